The molecule has 2 rings (SSSR count). The SMILES string of the molecule is ClCCOc1ccc([I+]c2ccc(OCCCl)cc2)cc1. The molecule has 2 nitrogen and oxygen atoms in total. The van der Waals surface area contributed by atoms with Crippen LogP contribution in [0.25, 0.3) is 0 Å². The lowest BCUT2D eigenvalue weighted by Crippen LogP contribution is -3.61. The second-order valence-electron chi connectivity index (χ2n) is 4.08. The molecule has 0 spiro atoms. The summed E-state index contributed by atoms with van der Waals surface area (Å²) in [4.78, 5) is 0. The highest BCUT2D eigenvalue weighted by molar-refractivity contribution is 6.18. The zero-order chi connectivity index (χ0) is 14.9. The highest BCUT2D eigenvalue weighted by atomic mass is 127. The first kappa shape index (κ1) is 16.7. The van der Waals surface area contributed by atoms with E-state index in [-0.39, 0.29) is 21.2 Å². The lowest BCUT2D eigenvalue weighted by Gasteiger charge is -2.02. The van der Waals surface area contributed by atoms with Gasteiger partial charge in [0.2, 0.25) is 0 Å². The maximum absolute atomic E-state index is 5.60. The van der Waals surface area contributed by atoms with Gasteiger partial charge in [-0.05, 0) is 48.5 Å². The van der Waals surface area contributed by atoms with Crippen LogP contribution < -0.4 is 30.7 Å². The highest BCUT2D eigenvalue weighted by Gasteiger charge is 2.15. The summed E-state index contributed by atoms with van der Waals surface area (Å²) in [6.45, 7) is 1.08. The van der Waals surface area contributed by atoms with Gasteiger partial charge in [-0.3, -0.25) is 0 Å². The van der Waals surface area contributed by atoms with Gasteiger partial charge < -0.3 is 9.47 Å². The summed E-state index contributed by atoms with van der Waals surface area (Å²) >= 11 is 11.0. The Balaban J connectivity index is 1.91. The van der Waals surface area contributed by atoms with Crippen molar-refractivity contribution in [2.24, 2.45) is 0 Å². The number of alkyl halides is 2. The van der Waals surface area contributed by atoms with Gasteiger partial charge in [0.1, 0.15) is 24.7 Å². The molecule has 0 aliphatic rings. The Labute approximate surface area is 145 Å². The number of hydrogen-bond acceptors (Lipinski definition) is 2. The number of hydrogen-bond donors (Lipinski definition) is 0. The van der Waals surface area contributed by atoms with Crippen LogP contribution >= 0.6 is 23.2 Å². The van der Waals surface area contributed by atoms with Crippen LogP contribution in [-0.4, -0.2) is 25.0 Å². The van der Waals surface area contributed by atoms with Crippen molar-refractivity contribution in [3.8, 4) is 11.5 Å². The predicted molar refractivity (Wildman–Crippen MR) is 82.7 cm³/mol. The molecule has 0 unspecified atom stereocenters. The fraction of sp³-hybridized carbons (Fsp3) is 0.250. The van der Waals surface area contributed by atoms with Crippen molar-refractivity contribution in [3.63, 3.8) is 0 Å². The summed E-state index contributed by atoms with van der Waals surface area (Å²) in [5.74, 6) is 2.75. The zero-order valence-electron chi connectivity index (χ0n) is 11.4. The summed E-state index contributed by atoms with van der Waals surface area (Å²) in [7, 11) is 0. The molecule has 0 aliphatic carbocycles. The maximum atomic E-state index is 5.60. The molecule has 0 aliphatic heterocycles. The first-order valence-corrected chi connectivity index (χ1v) is 9.77. The van der Waals surface area contributed by atoms with Gasteiger partial charge in [-0.15, -0.1) is 23.2 Å². The summed E-state index contributed by atoms with van der Waals surface area (Å²) in [6.07, 6.45) is 0. The zero-order valence-corrected chi connectivity index (χ0v) is 15.1. The van der Waals surface area contributed by atoms with Gasteiger partial charge >= 0.3 is 21.2 Å². The third-order valence-electron chi connectivity index (χ3n) is 2.54. The average molecular weight is 438 g/mol. The van der Waals surface area contributed by atoms with E-state index >= 15 is 0 Å². The first-order valence-electron chi connectivity index (χ1n) is 6.54. The summed E-state index contributed by atoms with van der Waals surface area (Å²) < 4.78 is 13.6. The molecule has 112 valence electrons. The third kappa shape index (κ3) is 5.93. The van der Waals surface area contributed by atoms with Crippen molar-refractivity contribution < 1.29 is 30.7 Å². The average Bonchev–Trinajstić information content (AvgIpc) is 2.53. The van der Waals surface area contributed by atoms with E-state index in [9.17, 15) is 0 Å². The predicted octanol–water partition coefficient (Wildman–Crippen LogP) is 1.05. The van der Waals surface area contributed by atoms with Crippen LogP contribution in [0.1, 0.15) is 0 Å². The quantitative estimate of drug-likeness (QED) is 0.454. The third-order valence-corrected chi connectivity index (χ3v) is 5.53. The Morgan fingerprint density at radius 2 is 1.05 bits per heavy atom. The summed E-state index contributed by atoms with van der Waals surface area (Å²) in [6, 6.07) is 16.5. The van der Waals surface area contributed by atoms with E-state index in [1.165, 1.54) is 7.14 Å². The first-order chi connectivity index (χ1) is 10.3. The minimum atomic E-state index is -0.187. The Morgan fingerprint density at radius 3 is 1.38 bits per heavy atom. The standard InChI is InChI=1S/C16H16Cl2IO2/c17-9-11-20-15-5-1-13(2-6-15)19-14-3-7-16(8-4-14)21-12-10-18/h1-8H,9-12H2/q+1. The van der Waals surface area contributed by atoms with Gasteiger partial charge in [-0.25, -0.2) is 0 Å². The molecule has 0 aromatic heterocycles. The van der Waals surface area contributed by atoms with Crippen molar-refractivity contribution in [3.05, 3.63) is 55.7 Å². The van der Waals surface area contributed by atoms with E-state index in [0.717, 1.165) is 11.5 Å². The van der Waals surface area contributed by atoms with E-state index in [0.29, 0.717) is 25.0 Å². The van der Waals surface area contributed by atoms with Gasteiger partial charge in [-0.1, -0.05) is 0 Å². The molecular weight excluding hydrogens is 422 g/mol. The van der Waals surface area contributed by atoms with Crippen LogP contribution in [0.15, 0.2) is 48.5 Å². The van der Waals surface area contributed by atoms with Crippen molar-refractivity contribution in [2.45, 2.75) is 0 Å². The molecule has 0 N–H and O–H groups in total. The van der Waals surface area contributed by atoms with Crippen LogP contribution in [0.4, 0.5) is 0 Å². The molecule has 21 heavy (non-hydrogen) atoms. The van der Waals surface area contributed by atoms with Crippen LogP contribution in [0.5, 0.6) is 11.5 Å². The lowest BCUT2D eigenvalue weighted by molar-refractivity contribution is -0.597. The lowest BCUT2D eigenvalue weighted by atomic mass is 10.3. The Hall–Kier alpha value is -0.650. The maximum Gasteiger partial charge on any atom is 0.357 e. The van der Waals surface area contributed by atoms with Crippen LogP contribution in [-0.2, 0) is 0 Å². The molecular formula is C16H16Cl2IO2+. The molecule has 0 bridgehead atoms. The summed E-state index contributed by atoms with van der Waals surface area (Å²) in [5, 5.41) is 0. The smallest absolute Gasteiger partial charge is 0.357 e. The largest absolute Gasteiger partial charge is 0.492 e. The number of halogens is 3. The monoisotopic (exact) mass is 437 g/mol. The van der Waals surface area contributed by atoms with E-state index in [1.807, 2.05) is 24.3 Å². The van der Waals surface area contributed by atoms with Crippen molar-refractivity contribution >= 4 is 23.2 Å². The summed E-state index contributed by atoms with van der Waals surface area (Å²) in [5.41, 5.74) is 0. The molecule has 0 radical (unpaired) electrons. The van der Waals surface area contributed by atoms with E-state index in [4.69, 9.17) is 32.7 Å². The van der Waals surface area contributed by atoms with Gasteiger partial charge in [-0.2, -0.15) is 0 Å². The van der Waals surface area contributed by atoms with E-state index in [2.05, 4.69) is 24.3 Å². The molecule has 2 aromatic rings. The second kappa shape index (κ2) is 9.38. The number of rotatable bonds is 8. The van der Waals surface area contributed by atoms with Gasteiger partial charge in [0.25, 0.3) is 0 Å². The molecule has 2 aromatic carbocycles. The molecule has 0 fully saturated rings. The van der Waals surface area contributed by atoms with Gasteiger partial charge in [0, 0.05) is 0 Å². The normalized spacial score (nSPS) is 10.4. The van der Waals surface area contributed by atoms with Crippen molar-refractivity contribution in [1.29, 1.82) is 0 Å². The van der Waals surface area contributed by atoms with Crippen LogP contribution in [0.3, 0.4) is 0 Å². The molecule has 0 atom stereocenters. The minimum absolute atomic E-state index is 0.187. The fourth-order valence-electron chi connectivity index (χ4n) is 1.63. The molecule has 0 amide bonds. The molecule has 5 heteroatoms. The van der Waals surface area contributed by atoms with Gasteiger partial charge in [0.15, 0.2) is 7.14 Å². The van der Waals surface area contributed by atoms with Gasteiger partial charge in [0.05, 0.1) is 11.8 Å². The van der Waals surface area contributed by atoms with E-state index in [1.54, 1.807) is 0 Å². The highest BCUT2D eigenvalue weighted by Crippen LogP contribution is 2.09. The van der Waals surface area contributed by atoms with E-state index < -0.39 is 0 Å². The molecule has 0 saturated carbocycles. The van der Waals surface area contributed by atoms with Crippen molar-refractivity contribution in [2.75, 3.05) is 25.0 Å². The van der Waals surface area contributed by atoms with Crippen LogP contribution in [0, 0.1) is 7.14 Å². The fourth-order valence-corrected chi connectivity index (χ4v) is 3.94. The Kier molecular flexibility index (Phi) is 7.47. The number of ether oxygens (including phenoxy) is 2. The van der Waals surface area contributed by atoms with Crippen LogP contribution in [0.2, 0.25) is 0 Å². The minimum Gasteiger partial charge on any atom is -0.492 e. The number of benzene rings is 2. The molecule has 0 heterocycles. The Bertz CT molecular complexity index is 479. The topological polar surface area (TPSA) is 18.5 Å². The second-order valence-corrected chi connectivity index (χ2v) is 7.86. The van der Waals surface area contributed by atoms with Crippen molar-refractivity contribution in [1.82, 2.24) is 0 Å². The Morgan fingerprint density at radius 1 is 0.667 bits per heavy atom. The molecule has 0 saturated heterocycles.